The SMILES string of the molecule is CC1CC(NS(=O)(=O)c2cc(N)ccc2F)CCN1C. The van der Waals surface area contributed by atoms with E-state index < -0.39 is 15.8 Å². The van der Waals surface area contributed by atoms with E-state index in [4.69, 9.17) is 5.73 Å². The number of anilines is 1. The number of hydrogen-bond acceptors (Lipinski definition) is 4. The topological polar surface area (TPSA) is 75.4 Å². The highest BCUT2D eigenvalue weighted by molar-refractivity contribution is 7.89. The number of likely N-dealkylation sites (tertiary alicyclic amines) is 1. The van der Waals surface area contributed by atoms with Crippen molar-refractivity contribution in [2.24, 2.45) is 0 Å². The van der Waals surface area contributed by atoms with Crippen molar-refractivity contribution in [3.63, 3.8) is 0 Å². The Bertz CT molecular complexity index is 591. The van der Waals surface area contributed by atoms with E-state index in [-0.39, 0.29) is 16.6 Å². The first-order valence-corrected chi connectivity index (χ1v) is 8.05. The summed E-state index contributed by atoms with van der Waals surface area (Å²) in [5, 5.41) is 0. The number of halogens is 1. The van der Waals surface area contributed by atoms with Crippen molar-refractivity contribution in [3.05, 3.63) is 24.0 Å². The van der Waals surface area contributed by atoms with Crippen molar-refractivity contribution >= 4 is 15.7 Å². The lowest BCUT2D eigenvalue weighted by atomic mass is 10.0. The molecule has 0 radical (unpaired) electrons. The fourth-order valence-electron chi connectivity index (χ4n) is 2.41. The summed E-state index contributed by atoms with van der Waals surface area (Å²) in [5.41, 5.74) is 5.76. The number of nitrogens with one attached hydrogen (secondary N) is 1. The maximum Gasteiger partial charge on any atom is 0.243 e. The molecule has 1 aliphatic rings. The quantitative estimate of drug-likeness (QED) is 0.822. The molecule has 1 heterocycles. The Morgan fingerprint density at radius 1 is 1.45 bits per heavy atom. The van der Waals surface area contributed by atoms with Crippen LogP contribution in [0.4, 0.5) is 10.1 Å². The number of nitrogens with zero attached hydrogens (tertiary/aromatic N) is 1. The molecule has 2 unspecified atom stereocenters. The largest absolute Gasteiger partial charge is 0.399 e. The van der Waals surface area contributed by atoms with E-state index in [1.165, 1.54) is 6.07 Å². The molecule has 1 saturated heterocycles. The lowest BCUT2D eigenvalue weighted by molar-refractivity contribution is 0.178. The summed E-state index contributed by atoms with van der Waals surface area (Å²) in [6, 6.07) is 3.68. The summed E-state index contributed by atoms with van der Waals surface area (Å²) >= 11 is 0. The van der Waals surface area contributed by atoms with Gasteiger partial charge in [0, 0.05) is 17.8 Å². The van der Waals surface area contributed by atoms with E-state index in [0.717, 1.165) is 18.7 Å². The van der Waals surface area contributed by atoms with E-state index in [0.29, 0.717) is 18.9 Å². The smallest absolute Gasteiger partial charge is 0.243 e. The van der Waals surface area contributed by atoms with Crippen LogP contribution in [-0.4, -0.2) is 39.0 Å². The Labute approximate surface area is 119 Å². The van der Waals surface area contributed by atoms with Crippen LogP contribution < -0.4 is 10.5 Å². The molecule has 112 valence electrons. The fourth-order valence-corrected chi connectivity index (χ4v) is 3.80. The van der Waals surface area contributed by atoms with Gasteiger partial charge >= 0.3 is 0 Å². The minimum Gasteiger partial charge on any atom is -0.399 e. The number of nitrogens with two attached hydrogens (primary N) is 1. The second kappa shape index (κ2) is 5.67. The highest BCUT2D eigenvalue weighted by atomic mass is 32.2. The third-order valence-corrected chi connectivity index (χ3v) is 5.31. The second-order valence-electron chi connectivity index (χ2n) is 5.36. The molecule has 1 aromatic rings. The van der Waals surface area contributed by atoms with Crippen molar-refractivity contribution in [2.45, 2.75) is 36.7 Å². The lowest BCUT2D eigenvalue weighted by Gasteiger charge is -2.35. The number of benzene rings is 1. The number of nitrogen functional groups attached to an aromatic ring is 1. The first-order chi connectivity index (χ1) is 9.29. The molecule has 7 heteroatoms. The molecule has 2 atom stereocenters. The maximum absolute atomic E-state index is 13.7. The fraction of sp³-hybridized carbons (Fsp3) is 0.538. The molecule has 5 nitrogen and oxygen atoms in total. The van der Waals surface area contributed by atoms with Crippen molar-refractivity contribution in [3.8, 4) is 0 Å². The van der Waals surface area contributed by atoms with Crippen LogP contribution in [0.2, 0.25) is 0 Å². The van der Waals surface area contributed by atoms with Gasteiger partial charge in [0.25, 0.3) is 0 Å². The van der Waals surface area contributed by atoms with Crippen LogP contribution in [0.25, 0.3) is 0 Å². The number of rotatable bonds is 3. The van der Waals surface area contributed by atoms with Gasteiger partial charge in [-0.3, -0.25) is 0 Å². The van der Waals surface area contributed by atoms with Crippen molar-refractivity contribution < 1.29 is 12.8 Å². The Balaban J connectivity index is 2.17. The van der Waals surface area contributed by atoms with Gasteiger partial charge in [-0.15, -0.1) is 0 Å². The Hall–Kier alpha value is -1.18. The van der Waals surface area contributed by atoms with Gasteiger partial charge in [-0.2, -0.15) is 0 Å². The zero-order valence-electron chi connectivity index (χ0n) is 11.6. The average molecular weight is 301 g/mol. The van der Waals surface area contributed by atoms with E-state index >= 15 is 0 Å². The molecule has 0 bridgehead atoms. The van der Waals surface area contributed by atoms with Crippen LogP contribution in [0, 0.1) is 5.82 Å². The van der Waals surface area contributed by atoms with Gasteiger partial charge in [0.1, 0.15) is 10.7 Å². The second-order valence-corrected chi connectivity index (χ2v) is 7.04. The molecule has 1 fully saturated rings. The normalized spacial score (nSPS) is 24.8. The zero-order chi connectivity index (χ0) is 14.9. The van der Waals surface area contributed by atoms with Crippen molar-refractivity contribution in [1.29, 1.82) is 0 Å². The van der Waals surface area contributed by atoms with E-state index in [1.807, 2.05) is 14.0 Å². The maximum atomic E-state index is 13.7. The highest BCUT2D eigenvalue weighted by Crippen LogP contribution is 2.21. The molecular formula is C13H20FN3O2S. The van der Waals surface area contributed by atoms with Crippen LogP contribution in [0.1, 0.15) is 19.8 Å². The third kappa shape index (κ3) is 3.28. The van der Waals surface area contributed by atoms with Gasteiger partial charge in [0.15, 0.2) is 0 Å². The van der Waals surface area contributed by atoms with Gasteiger partial charge in [0.2, 0.25) is 10.0 Å². The standard InChI is InChI=1S/C13H20FN3O2S/c1-9-7-11(5-6-17(9)2)16-20(18,19)13-8-10(15)3-4-12(13)14/h3-4,8-9,11,16H,5-7,15H2,1-2H3. The molecule has 0 spiro atoms. The first-order valence-electron chi connectivity index (χ1n) is 6.57. The number of sulfonamides is 1. The van der Waals surface area contributed by atoms with Crippen LogP contribution >= 0.6 is 0 Å². The lowest BCUT2D eigenvalue weighted by Crippen LogP contribution is -2.47. The first kappa shape index (κ1) is 15.2. The summed E-state index contributed by atoms with van der Waals surface area (Å²) in [5.74, 6) is -0.785. The molecule has 1 aliphatic heterocycles. The van der Waals surface area contributed by atoms with Gasteiger partial charge in [0.05, 0.1) is 0 Å². The molecular weight excluding hydrogens is 281 g/mol. The van der Waals surface area contributed by atoms with E-state index in [9.17, 15) is 12.8 Å². The molecule has 1 aromatic carbocycles. The van der Waals surface area contributed by atoms with Crippen molar-refractivity contribution in [2.75, 3.05) is 19.3 Å². The predicted octanol–water partition coefficient (Wildman–Crippen LogP) is 1.17. The van der Waals surface area contributed by atoms with Crippen LogP contribution in [0.15, 0.2) is 23.1 Å². The summed E-state index contributed by atoms with van der Waals surface area (Å²) in [7, 11) is -1.87. The van der Waals surface area contributed by atoms with Gasteiger partial charge in [-0.25, -0.2) is 17.5 Å². The molecule has 0 saturated carbocycles. The Kier molecular flexibility index (Phi) is 4.31. The number of hydrogen-bond donors (Lipinski definition) is 2. The van der Waals surface area contributed by atoms with Crippen molar-refractivity contribution in [1.82, 2.24) is 9.62 Å². The highest BCUT2D eigenvalue weighted by Gasteiger charge is 2.28. The molecule has 3 N–H and O–H groups in total. The Morgan fingerprint density at radius 2 is 2.15 bits per heavy atom. The molecule has 0 aromatic heterocycles. The van der Waals surface area contributed by atoms with E-state index in [1.54, 1.807) is 0 Å². The third-order valence-electron chi connectivity index (χ3n) is 3.77. The minimum atomic E-state index is -3.88. The average Bonchev–Trinajstić information content (AvgIpc) is 2.36. The van der Waals surface area contributed by atoms with Gasteiger partial charge in [-0.05, 0) is 51.6 Å². The van der Waals surface area contributed by atoms with Crippen LogP contribution in [-0.2, 0) is 10.0 Å². The van der Waals surface area contributed by atoms with Crippen LogP contribution in [0.5, 0.6) is 0 Å². The molecule has 0 amide bonds. The summed E-state index contributed by atoms with van der Waals surface area (Å²) < 4.78 is 40.7. The summed E-state index contributed by atoms with van der Waals surface area (Å²) in [4.78, 5) is 1.79. The molecule has 2 rings (SSSR count). The monoisotopic (exact) mass is 301 g/mol. The van der Waals surface area contributed by atoms with Crippen LogP contribution in [0.3, 0.4) is 0 Å². The predicted molar refractivity (Wildman–Crippen MR) is 76.2 cm³/mol. The van der Waals surface area contributed by atoms with Gasteiger partial charge < -0.3 is 10.6 Å². The minimum absolute atomic E-state index is 0.174. The summed E-state index contributed by atoms with van der Waals surface area (Å²) in [6.45, 7) is 2.86. The molecule has 20 heavy (non-hydrogen) atoms. The zero-order valence-corrected chi connectivity index (χ0v) is 12.5. The summed E-state index contributed by atoms with van der Waals surface area (Å²) in [6.07, 6.45) is 1.42. The Morgan fingerprint density at radius 3 is 2.80 bits per heavy atom. The van der Waals surface area contributed by atoms with E-state index in [2.05, 4.69) is 9.62 Å². The molecule has 0 aliphatic carbocycles. The number of piperidine rings is 1. The van der Waals surface area contributed by atoms with Gasteiger partial charge in [-0.1, -0.05) is 0 Å².